The summed E-state index contributed by atoms with van der Waals surface area (Å²) < 4.78 is 19.6. The molecule has 2 fully saturated rings. The molecule has 3 aromatic carbocycles. The van der Waals surface area contributed by atoms with Gasteiger partial charge in [0.2, 0.25) is 5.91 Å². The summed E-state index contributed by atoms with van der Waals surface area (Å²) in [5.74, 6) is 3.67. The molecular weight excluding hydrogens is 680 g/mol. The number of aliphatic hydroxyl groups excluding tert-OH is 1. The van der Waals surface area contributed by atoms with Crippen molar-refractivity contribution in [3.8, 4) is 17.2 Å². The molecular formula is C37H41BrN2O6S. The maximum absolute atomic E-state index is 13.1. The highest BCUT2D eigenvalue weighted by Gasteiger charge is 2.61. The third-order valence-corrected chi connectivity index (χ3v) is 12.2. The van der Waals surface area contributed by atoms with E-state index in [2.05, 4.69) is 34.1 Å². The van der Waals surface area contributed by atoms with Crippen LogP contribution < -0.4 is 14.2 Å². The molecule has 2 aliphatic heterocycles. The molecule has 8 nitrogen and oxygen atoms in total. The van der Waals surface area contributed by atoms with Crippen LogP contribution in [0.15, 0.2) is 70.3 Å². The van der Waals surface area contributed by atoms with E-state index in [0.29, 0.717) is 44.9 Å². The Labute approximate surface area is 288 Å². The zero-order valence-corrected chi connectivity index (χ0v) is 29.2. The van der Waals surface area contributed by atoms with Crippen LogP contribution in [-0.2, 0) is 34.0 Å². The maximum atomic E-state index is 13.1. The van der Waals surface area contributed by atoms with Gasteiger partial charge >= 0.3 is 0 Å². The lowest BCUT2D eigenvalue weighted by molar-refractivity contribution is -0.133. The van der Waals surface area contributed by atoms with E-state index in [1.807, 2.05) is 59.1 Å². The van der Waals surface area contributed by atoms with Crippen molar-refractivity contribution in [2.75, 3.05) is 20.3 Å². The number of hydrogen-bond acceptors (Lipinski definition) is 8. The normalized spacial score (nSPS) is 25.4. The van der Waals surface area contributed by atoms with Crippen molar-refractivity contribution < 1.29 is 28.9 Å². The summed E-state index contributed by atoms with van der Waals surface area (Å²) >= 11 is 5.77. The van der Waals surface area contributed by atoms with Crippen molar-refractivity contribution in [1.29, 1.82) is 0 Å². The second kappa shape index (κ2) is 13.7. The van der Waals surface area contributed by atoms with Gasteiger partial charge in [-0.2, -0.15) is 11.8 Å². The van der Waals surface area contributed by atoms with Crippen molar-refractivity contribution in [3.63, 3.8) is 0 Å². The van der Waals surface area contributed by atoms with E-state index < -0.39 is 5.41 Å². The van der Waals surface area contributed by atoms with Crippen LogP contribution >= 0.6 is 27.7 Å². The lowest BCUT2D eigenvalue weighted by Gasteiger charge is -2.46. The summed E-state index contributed by atoms with van der Waals surface area (Å²) in [5, 5.41) is 15.5. The van der Waals surface area contributed by atoms with Crippen LogP contribution in [0.25, 0.3) is 0 Å². The van der Waals surface area contributed by atoms with Crippen molar-refractivity contribution >= 4 is 39.3 Å². The quantitative estimate of drug-likeness (QED) is 0.213. The Hall–Kier alpha value is -3.21. The first-order valence-corrected chi connectivity index (χ1v) is 18.2. The summed E-state index contributed by atoms with van der Waals surface area (Å²) in [7, 11) is 1.68. The lowest BCUT2D eigenvalue weighted by atomic mass is 9.64. The lowest BCUT2D eigenvalue weighted by Crippen LogP contribution is -2.55. The van der Waals surface area contributed by atoms with Gasteiger partial charge in [0.05, 0.1) is 37.5 Å². The van der Waals surface area contributed by atoms with Crippen LogP contribution in [-0.4, -0.2) is 59.3 Å². The van der Waals surface area contributed by atoms with Crippen LogP contribution in [0.3, 0.4) is 0 Å². The smallest absolute Gasteiger partial charge is 0.220 e. The third kappa shape index (κ3) is 6.48. The number of aliphatic hydroxyl groups is 1. The van der Waals surface area contributed by atoms with Crippen LogP contribution in [0, 0.1) is 5.92 Å². The average molecular weight is 722 g/mol. The largest absolute Gasteiger partial charge is 0.497 e. The number of thioether (sulfide) groups is 1. The number of halogens is 1. The fraction of sp³-hybridized carbons (Fsp3) is 0.459. The first-order valence-electron chi connectivity index (χ1n) is 16.4. The number of amides is 1. The summed E-state index contributed by atoms with van der Waals surface area (Å²) in [6.45, 7) is 2.92. The number of rotatable bonds is 11. The Kier molecular flexibility index (Phi) is 9.44. The Bertz CT molecular complexity index is 1630. The van der Waals surface area contributed by atoms with E-state index in [1.165, 1.54) is 18.4 Å². The van der Waals surface area contributed by atoms with Crippen LogP contribution in [0.1, 0.15) is 61.3 Å². The van der Waals surface area contributed by atoms with Gasteiger partial charge in [0.1, 0.15) is 34.4 Å². The Morgan fingerprint density at radius 3 is 2.62 bits per heavy atom. The number of carbonyl (C=O) groups is 1. The molecule has 0 bridgehead atoms. The summed E-state index contributed by atoms with van der Waals surface area (Å²) in [6, 6.07) is 20.0. The van der Waals surface area contributed by atoms with E-state index in [0.717, 1.165) is 49.9 Å². The summed E-state index contributed by atoms with van der Waals surface area (Å²) in [5.41, 5.74) is 4.88. The van der Waals surface area contributed by atoms with Gasteiger partial charge < -0.3 is 29.1 Å². The minimum absolute atomic E-state index is 0.0357. The van der Waals surface area contributed by atoms with E-state index in [4.69, 9.17) is 24.2 Å². The highest BCUT2D eigenvalue weighted by atomic mass is 79.9. The number of hydrogen-bond donors (Lipinski definition) is 1. The Morgan fingerprint density at radius 2 is 1.91 bits per heavy atom. The molecule has 2 aliphatic carbocycles. The molecule has 47 heavy (non-hydrogen) atoms. The Morgan fingerprint density at radius 1 is 1.13 bits per heavy atom. The Balaban J connectivity index is 1.29. The number of ether oxygens (including phenoxy) is 3. The molecule has 7 rings (SSSR count). The van der Waals surface area contributed by atoms with E-state index in [9.17, 15) is 9.90 Å². The molecule has 2 saturated carbocycles. The number of oxime groups is 1. The standard InChI is InChI=1S/C37H41BrN2O6S/c1-23(42)40-18-27-14-31(44-20-25-8-9-25)35(38)36-34(27)37(17-29(40)19-41)32(46-36)15-28(39-45-21-24-6-4-3-5-7-24)16-33(37)47-22-26-10-12-30(43-2)13-11-26/h3-7,10-14,25,29,32-33,41H,8-9,15-22H2,1-2H3/b39-28+/t29-,32?,33+,37?/m0/s1. The van der Waals surface area contributed by atoms with Gasteiger partial charge in [-0.15, -0.1) is 0 Å². The van der Waals surface area contributed by atoms with Crippen LogP contribution in [0.5, 0.6) is 17.2 Å². The maximum Gasteiger partial charge on any atom is 0.220 e. The highest BCUT2D eigenvalue weighted by molar-refractivity contribution is 9.10. The number of nitrogens with zero attached hydrogens (tertiary/aromatic N) is 2. The predicted molar refractivity (Wildman–Crippen MR) is 186 cm³/mol. The molecule has 1 spiro atoms. The monoisotopic (exact) mass is 720 g/mol. The van der Waals surface area contributed by atoms with Gasteiger partial charge in [0.15, 0.2) is 0 Å². The van der Waals surface area contributed by atoms with Crippen molar-refractivity contribution in [1.82, 2.24) is 4.90 Å². The zero-order chi connectivity index (χ0) is 32.5. The van der Waals surface area contributed by atoms with Gasteiger partial charge in [-0.25, -0.2) is 0 Å². The molecule has 1 amide bonds. The van der Waals surface area contributed by atoms with Crippen molar-refractivity contribution in [2.45, 2.75) is 80.7 Å². The first-order chi connectivity index (χ1) is 22.9. The fourth-order valence-electron chi connectivity index (χ4n) is 7.38. The van der Waals surface area contributed by atoms with Crippen LogP contribution in [0.2, 0.25) is 0 Å². The minimum atomic E-state index is -0.477. The molecule has 1 N–H and O–H groups in total. The molecule has 0 radical (unpaired) electrons. The number of carbonyl (C=O) groups excluding carboxylic acids is 1. The molecule has 3 aromatic rings. The van der Waals surface area contributed by atoms with Gasteiger partial charge in [-0.3, -0.25) is 4.79 Å². The summed E-state index contributed by atoms with van der Waals surface area (Å²) in [4.78, 5) is 20.9. The van der Waals surface area contributed by atoms with Gasteiger partial charge in [0.25, 0.3) is 0 Å². The molecule has 0 aromatic heterocycles. The predicted octanol–water partition coefficient (Wildman–Crippen LogP) is 7.03. The molecule has 10 heteroatoms. The second-order valence-electron chi connectivity index (χ2n) is 13.1. The fourth-order valence-corrected chi connectivity index (χ4v) is 9.46. The van der Waals surface area contributed by atoms with Crippen molar-refractivity contribution in [3.05, 3.63) is 87.4 Å². The SMILES string of the molecule is COc1ccc(CS[C@@H]2C/C(=N/OCc3ccccc3)CC3Oc4c(Br)c(OCC5CC5)cc5c4C32C[C@@H](CO)N(C(C)=O)C5)cc1. The summed E-state index contributed by atoms with van der Waals surface area (Å²) in [6.07, 6.45) is 3.99. The van der Waals surface area contributed by atoms with Gasteiger partial charge in [-0.1, -0.05) is 47.6 Å². The van der Waals surface area contributed by atoms with Crippen molar-refractivity contribution in [2.24, 2.45) is 11.1 Å². The zero-order valence-electron chi connectivity index (χ0n) is 26.8. The van der Waals surface area contributed by atoms with E-state index >= 15 is 0 Å². The highest BCUT2D eigenvalue weighted by Crippen LogP contribution is 2.61. The molecule has 2 unspecified atom stereocenters. The molecule has 248 valence electrons. The first kappa shape index (κ1) is 32.3. The molecule has 4 aliphatic rings. The topological polar surface area (TPSA) is 89.8 Å². The minimum Gasteiger partial charge on any atom is -0.497 e. The number of methoxy groups -OCH3 is 1. The molecule has 2 heterocycles. The van der Waals surface area contributed by atoms with E-state index in [1.54, 1.807) is 14.0 Å². The van der Waals surface area contributed by atoms with Crippen LogP contribution in [0.4, 0.5) is 0 Å². The van der Waals surface area contributed by atoms with Gasteiger partial charge in [-0.05, 0) is 76.0 Å². The molecule has 0 saturated heterocycles. The number of benzene rings is 3. The molecule has 4 atom stereocenters. The average Bonchev–Trinajstić information content (AvgIpc) is 3.88. The second-order valence-corrected chi connectivity index (χ2v) is 15.1. The van der Waals surface area contributed by atoms with E-state index in [-0.39, 0.29) is 29.9 Å². The third-order valence-electron chi connectivity index (χ3n) is 10.0. The van der Waals surface area contributed by atoms with Gasteiger partial charge in [0, 0.05) is 42.9 Å².